The van der Waals surface area contributed by atoms with E-state index in [1.807, 2.05) is 83.9 Å². The van der Waals surface area contributed by atoms with Gasteiger partial charge in [0.1, 0.15) is 0 Å². The van der Waals surface area contributed by atoms with E-state index in [0.29, 0.717) is 0 Å². The number of amides is 1. The topological polar surface area (TPSA) is 36.1 Å². The predicted molar refractivity (Wildman–Crippen MR) is 104 cm³/mol. The lowest BCUT2D eigenvalue weighted by molar-refractivity contribution is -0.126. The van der Waals surface area contributed by atoms with Gasteiger partial charge in [-0.15, -0.1) is 0 Å². The first-order chi connectivity index (χ1) is 12.8. The number of nitrogens with one attached hydrogen (secondary N) is 1. The SMILES string of the molecule is O=C1[C@@H](c2ccccc2)[C@@H](c2c[nH]c3ccccc23)N1c1ccccc1. The van der Waals surface area contributed by atoms with E-state index in [0.717, 1.165) is 22.3 Å². The molecule has 3 nitrogen and oxygen atoms in total. The Balaban J connectivity index is 1.67. The molecular weight excluding hydrogens is 320 g/mol. The van der Waals surface area contributed by atoms with Crippen molar-refractivity contribution in [2.75, 3.05) is 4.90 Å². The zero-order valence-electron chi connectivity index (χ0n) is 14.2. The van der Waals surface area contributed by atoms with Crippen molar-refractivity contribution in [3.05, 3.63) is 102 Å². The molecule has 0 unspecified atom stereocenters. The number of hydrogen-bond acceptors (Lipinski definition) is 1. The number of anilines is 1. The first-order valence-electron chi connectivity index (χ1n) is 8.83. The minimum absolute atomic E-state index is 0.0107. The second-order valence-corrected chi connectivity index (χ2v) is 6.67. The van der Waals surface area contributed by atoms with Crippen LogP contribution in [0.5, 0.6) is 0 Å². The third kappa shape index (κ3) is 2.17. The third-order valence-corrected chi connectivity index (χ3v) is 5.23. The van der Waals surface area contributed by atoms with Crippen LogP contribution in [0.1, 0.15) is 23.1 Å². The average molecular weight is 338 g/mol. The van der Waals surface area contributed by atoms with Gasteiger partial charge in [0, 0.05) is 28.4 Å². The molecule has 1 aromatic heterocycles. The predicted octanol–water partition coefficient (Wildman–Crippen LogP) is 5.04. The van der Waals surface area contributed by atoms with Crippen LogP contribution >= 0.6 is 0 Å². The number of aromatic nitrogens is 1. The minimum atomic E-state index is -0.157. The Labute approximate surface area is 151 Å². The van der Waals surface area contributed by atoms with E-state index in [-0.39, 0.29) is 17.9 Å². The van der Waals surface area contributed by atoms with Crippen LogP contribution in [0.15, 0.2) is 91.1 Å². The Bertz CT molecular complexity index is 1020. The van der Waals surface area contributed by atoms with Crippen LogP contribution in [0.2, 0.25) is 0 Å². The Morgan fingerprint density at radius 3 is 2.19 bits per heavy atom. The number of hydrogen-bond donors (Lipinski definition) is 1. The molecule has 0 bridgehead atoms. The van der Waals surface area contributed by atoms with Crippen molar-refractivity contribution in [1.82, 2.24) is 4.98 Å². The Hall–Kier alpha value is -3.33. The molecule has 3 heteroatoms. The van der Waals surface area contributed by atoms with Gasteiger partial charge in [0.2, 0.25) is 5.91 Å². The molecule has 1 N–H and O–H groups in total. The van der Waals surface area contributed by atoms with E-state index in [1.54, 1.807) is 0 Å². The number of β-lactam (4-membered cyclic amide) rings is 1. The van der Waals surface area contributed by atoms with Crippen molar-refractivity contribution in [1.29, 1.82) is 0 Å². The lowest BCUT2D eigenvalue weighted by Gasteiger charge is -2.47. The summed E-state index contributed by atoms with van der Waals surface area (Å²) in [7, 11) is 0. The van der Waals surface area contributed by atoms with E-state index in [4.69, 9.17) is 0 Å². The Kier molecular flexibility index (Phi) is 3.39. The number of benzene rings is 3. The number of rotatable bonds is 3. The van der Waals surface area contributed by atoms with E-state index in [2.05, 4.69) is 17.1 Å². The number of aromatic amines is 1. The molecule has 1 aliphatic rings. The molecule has 1 fully saturated rings. The van der Waals surface area contributed by atoms with Crippen molar-refractivity contribution < 1.29 is 4.79 Å². The summed E-state index contributed by atoms with van der Waals surface area (Å²) in [6.45, 7) is 0. The van der Waals surface area contributed by atoms with Crippen LogP contribution in [-0.4, -0.2) is 10.9 Å². The van der Waals surface area contributed by atoms with Crippen molar-refractivity contribution in [2.45, 2.75) is 12.0 Å². The maximum Gasteiger partial charge on any atom is 0.237 e. The van der Waals surface area contributed by atoms with Crippen LogP contribution in [0.25, 0.3) is 10.9 Å². The Morgan fingerprint density at radius 1 is 0.769 bits per heavy atom. The number of carbonyl (C=O) groups excluding carboxylic acids is 1. The summed E-state index contributed by atoms with van der Waals surface area (Å²) < 4.78 is 0. The summed E-state index contributed by atoms with van der Waals surface area (Å²) >= 11 is 0. The summed E-state index contributed by atoms with van der Waals surface area (Å²) in [5, 5.41) is 1.17. The zero-order valence-corrected chi connectivity index (χ0v) is 14.2. The first kappa shape index (κ1) is 15.0. The monoisotopic (exact) mass is 338 g/mol. The van der Waals surface area contributed by atoms with Gasteiger partial charge in [-0.1, -0.05) is 66.7 Å². The van der Waals surface area contributed by atoms with Crippen molar-refractivity contribution in [3.8, 4) is 0 Å². The summed E-state index contributed by atoms with van der Waals surface area (Å²) in [5.74, 6) is -0.00621. The molecule has 2 heterocycles. The molecular formula is C23H18N2O. The molecule has 4 aromatic rings. The molecule has 2 atom stereocenters. The van der Waals surface area contributed by atoms with Gasteiger partial charge in [0.15, 0.2) is 0 Å². The molecule has 0 spiro atoms. The van der Waals surface area contributed by atoms with Gasteiger partial charge in [-0.3, -0.25) is 4.79 Å². The van der Waals surface area contributed by atoms with E-state index < -0.39 is 0 Å². The second kappa shape index (κ2) is 5.88. The van der Waals surface area contributed by atoms with Gasteiger partial charge in [0.25, 0.3) is 0 Å². The highest BCUT2D eigenvalue weighted by atomic mass is 16.2. The number of carbonyl (C=O) groups is 1. The van der Waals surface area contributed by atoms with Gasteiger partial charge in [0.05, 0.1) is 12.0 Å². The van der Waals surface area contributed by atoms with Crippen LogP contribution in [-0.2, 0) is 4.79 Å². The summed E-state index contributed by atoms with van der Waals surface area (Å²) in [6, 6.07) is 28.3. The molecule has 1 aliphatic heterocycles. The van der Waals surface area contributed by atoms with Gasteiger partial charge in [-0.25, -0.2) is 0 Å². The van der Waals surface area contributed by atoms with Crippen molar-refractivity contribution in [3.63, 3.8) is 0 Å². The fraction of sp³-hybridized carbons (Fsp3) is 0.0870. The highest BCUT2D eigenvalue weighted by molar-refractivity contribution is 6.07. The fourth-order valence-electron chi connectivity index (χ4n) is 4.01. The Morgan fingerprint density at radius 2 is 1.42 bits per heavy atom. The summed E-state index contributed by atoms with van der Waals surface area (Å²) in [4.78, 5) is 18.4. The minimum Gasteiger partial charge on any atom is -0.361 e. The highest BCUT2D eigenvalue weighted by Gasteiger charge is 2.50. The number of fused-ring (bicyclic) bond motifs is 1. The van der Waals surface area contributed by atoms with Gasteiger partial charge in [-0.2, -0.15) is 0 Å². The van der Waals surface area contributed by atoms with Gasteiger partial charge < -0.3 is 9.88 Å². The van der Waals surface area contributed by atoms with E-state index in [1.165, 1.54) is 5.39 Å². The molecule has 26 heavy (non-hydrogen) atoms. The lowest BCUT2D eigenvalue weighted by Crippen LogP contribution is -2.53. The summed E-state index contributed by atoms with van der Waals surface area (Å²) in [6.07, 6.45) is 2.05. The largest absolute Gasteiger partial charge is 0.361 e. The van der Waals surface area contributed by atoms with Crippen molar-refractivity contribution in [2.24, 2.45) is 0 Å². The van der Waals surface area contributed by atoms with Gasteiger partial charge in [-0.05, 0) is 23.8 Å². The van der Waals surface area contributed by atoms with E-state index in [9.17, 15) is 4.79 Å². The standard InChI is InChI=1S/C23H18N2O/c26-23-21(16-9-3-1-4-10-16)22(25(23)17-11-5-2-6-12-17)19-15-24-20-14-8-7-13-18(19)20/h1-15,21-22,24H/t21-,22+/m0/s1. The molecule has 126 valence electrons. The number of nitrogens with zero attached hydrogens (tertiary/aromatic N) is 1. The van der Waals surface area contributed by atoms with Gasteiger partial charge >= 0.3 is 0 Å². The maximum atomic E-state index is 13.1. The highest BCUT2D eigenvalue weighted by Crippen LogP contribution is 2.50. The molecule has 0 aliphatic carbocycles. The molecule has 1 saturated heterocycles. The fourth-order valence-corrected chi connectivity index (χ4v) is 4.01. The summed E-state index contributed by atoms with van der Waals surface area (Å²) in [5.41, 5.74) is 4.28. The molecule has 3 aromatic carbocycles. The number of H-pyrrole nitrogens is 1. The van der Waals surface area contributed by atoms with E-state index >= 15 is 0 Å². The zero-order chi connectivity index (χ0) is 17.5. The third-order valence-electron chi connectivity index (χ3n) is 5.23. The number of para-hydroxylation sites is 2. The van der Waals surface area contributed by atoms with Crippen LogP contribution < -0.4 is 4.90 Å². The van der Waals surface area contributed by atoms with Crippen LogP contribution in [0, 0.1) is 0 Å². The molecule has 0 radical (unpaired) electrons. The van der Waals surface area contributed by atoms with Crippen LogP contribution in [0.4, 0.5) is 5.69 Å². The van der Waals surface area contributed by atoms with Crippen molar-refractivity contribution >= 4 is 22.5 Å². The lowest BCUT2D eigenvalue weighted by atomic mass is 9.77. The smallest absolute Gasteiger partial charge is 0.237 e. The quantitative estimate of drug-likeness (QED) is 0.522. The molecule has 0 saturated carbocycles. The first-order valence-corrected chi connectivity index (χ1v) is 8.83. The molecule has 5 rings (SSSR count). The second-order valence-electron chi connectivity index (χ2n) is 6.67. The maximum absolute atomic E-state index is 13.1. The molecule has 1 amide bonds. The normalized spacial score (nSPS) is 19.5. The van der Waals surface area contributed by atoms with Crippen LogP contribution in [0.3, 0.4) is 0 Å². The average Bonchev–Trinajstić information content (AvgIpc) is 3.11.